The summed E-state index contributed by atoms with van der Waals surface area (Å²) in [4.78, 5) is 2.22. The van der Waals surface area contributed by atoms with Gasteiger partial charge in [0.15, 0.2) is 0 Å². The second-order valence-electron chi connectivity index (χ2n) is 5.31. The summed E-state index contributed by atoms with van der Waals surface area (Å²) < 4.78 is 0. The second-order valence-corrected chi connectivity index (χ2v) is 5.31. The quantitative estimate of drug-likeness (QED) is 0.812. The standard InChI is InChI=1S/C14H20N2O/c1-16-7-5-12-13(16)3-2-11(14(12)17)8-10-4-6-15-9-10/h2-3,10,15,17H,4-9H2,1H3. The largest absolute Gasteiger partial charge is 0.507 e. The number of rotatable bonds is 2. The van der Waals surface area contributed by atoms with E-state index in [4.69, 9.17) is 0 Å². The molecule has 3 heteroatoms. The molecular formula is C14H20N2O. The predicted molar refractivity (Wildman–Crippen MR) is 69.8 cm³/mol. The minimum atomic E-state index is 0.554. The Morgan fingerprint density at radius 3 is 3.12 bits per heavy atom. The van der Waals surface area contributed by atoms with Crippen LogP contribution in [0.4, 0.5) is 5.69 Å². The van der Waals surface area contributed by atoms with Crippen molar-refractivity contribution in [1.29, 1.82) is 0 Å². The Labute approximate surface area is 102 Å². The number of benzene rings is 1. The lowest BCUT2D eigenvalue weighted by Gasteiger charge is -2.15. The minimum Gasteiger partial charge on any atom is -0.507 e. The summed E-state index contributed by atoms with van der Waals surface area (Å²) in [7, 11) is 2.09. The van der Waals surface area contributed by atoms with Gasteiger partial charge in [-0.25, -0.2) is 0 Å². The molecule has 0 radical (unpaired) electrons. The van der Waals surface area contributed by atoms with Gasteiger partial charge in [0, 0.05) is 24.8 Å². The molecule has 0 bridgehead atoms. The lowest BCUT2D eigenvalue weighted by molar-refractivity contribution is 0.454. The molecule has 2 N–H and O–H groups in total. The summed E-state index contributed by atoms with van der Waals surface area (Å²) >= 11 is 0. The number of phenols is 1. The molecule has 0 aliphatic carbocycles. The first kappa shape index (κ1) is 10.9. The summed E-state index contributed by atoms with van der Waals surface area (Å²) in [6.07, 6.45) is 3.22. The molecule has 1 aromatic carbocycles. The van der Waals surface area contributed by atoms with Gasteiger partial charge in [0.1, 0.15) is 5.75 Å². The SMILES string of the molecule is CN1CCc2c1ccc(CC1CCNC1)c2O. The molecule has 0 spiro atoms. The van der Waals surface area contributed by atoms with Crippen LogP contribution in [0.2, 0.25) is 0 Å². The van der Waals surface area contributed by atoms with Gasteiger partial charge in [-0.15, -0.1) is 0 Å². The Kier molecular flexibility index (Phi) is 2.71. The Morgan fingerprint density at radius 2 is 2.35 bits per heavy atom. The average Bonchev–Trinajstić information content (AvgIpc) is 2.93. The number of nitrogens with zero attached hydrogens (tertiary/aromatic N) is 1. The molecule has 2 aliphatic heterocycles. The smallest absolute Gasteiger partial charge is 0.124 e. The molecule has 1 saturated heterocycles. The fraction of sp³-hybridized carbons (Fsp3) is 0.571. The number of anilines is 1. The zero-order valence-electron chi connectivity index (χ0n) is 10.4. The highest BCUT2D eigenvalue weighted by atomic mass is 16.3. The van der Waals surface area contributed by atoms with Crippen LogP contribution >= 0.6 is 0 Å². The van der Waals surface area contributed by atoms with Crippen molar-refractivity contribution in [3.8, 4) is 5.75 Å². The maximum absolute atomic E-state index is 10.3. The molecule has 17 heavy (non-hydrogen) atoms. The third-order valence-corrected chi connectivity index (χ3v) is 4.12. The van der Waals surface area contributed by atoms with E-state index < -0.39 is 0 Å². The van der Waals surface area contributed by atoms with Crippen LogP contribution < -0.4 is 10.2 Å². The number of hydrogen-bond acceptors (Lipinski definition) is 3. The number of hydrogen-bond donors (Lipinski definition) is 2. The van der Waals surface area contributed by atoms with E-state index in [0.29, 0.717) is 11.7 Å². The van der Waals surface area contributed by atoms with Crippen molar-refractivity contribution in [3.05, 3.63) is 23.3 Å². The van der Waals surface area contributed by atoms with E-state index in [1.54, 1.807) is 0 Å². The fourth-order valence-corrected chi connectivity index (χ4v) is 3.04. The summed E-state index contributed by atoms with van der Waals surface area (Å²) in [5.41, 5.74) is 3.49. The molecule has 0 aromatic heterocycles. The normalized spacial score (nSPS) is 23.1. The van der Waals surface area contributed by atoms with Crippen molar-refractivity contribution < 1.29 is 5.11 Å². The van der Waals surface area contributed by atoms with E-state index in [-0.39, 0.29) is 0 Å². The van der Waals surface area contributed by atoms with Crippen LogP contribution in [0.25, 0.3) is 0 Å². The lowest BCUT2D eigenvalue weighted by atomic mass is 9.95. The molecule has 1 fully saturated rings. The number of aromatic hydroxyl groups is 1. The molecule has 3 rings (SSSR count). The molecule has 0 saturated carbocycles. The Bertz CT molecular complexity index is 424. The molecular weight excluding hydrogens is 212 g/mol. The van der Waals surface area contributed by atoms with E-state index in [1.807, 2.05) is 0 Å². The highest BCUT2D eigenvalue weighted by molar-refractivity contribution is 5.64. The maximum atomic E-state index is 10.3. The second kappa shape index (κ2) is 4.22. The summed E-state index contributed by atoms with van der Waals surface area (Å²) in [5.74, 6) is 1.25. The highest BCUT2D eigenvalue weighted by Gasteiger charge is 2.23. The number of nitrogens with one attached hydrogen (secondary N) is 1. The van der Waals surface area contributed by atoms with E-state index in [0.717, 1.165) is 43.6 Å². The van der Waals surface area contributed by atoms with Gasteiger partial charge in [0.05, 0.1) is 0 Å². The molecule has 2 heterocycles. The van der Waals surface area contributed by atoms with Crippen LogP contribution in [0, 0.1) is 5.92 Å². The molecule has 1 aromatic rings. The lowest BCUT2D eigenvalue weighted by Crippen LogP contribution is -2.12. The minimum absolute atomic E-state index is 0.554. The topological polar surface area (TPSA) is 35.5 Å². The maximum Gasteiger partial charge on any atom is 0.124 e. The van der Waals surface area contributed by atoms with Crippen LogP contribution in [0.3, 0.4) is 0 Å². The van der Waals surface area contributed by atoms with Crippen molar-refractivity contribution in [2.45, 2.75) is 19.3 Å². The van der Waals surface area contributed by atoms with Gasteiger partial charge in [-0.1, -0.05) is 6.07 Å². The molecule has 2 aliphatic rings. The van der Waals surface area contributed by atoms with Crippen LogP contribution in [0.1, 0.15) is 17.5 Å². The van der Waals surface area contributed by atoms with Gasteiger partial charge in [-0.3, -0.25) is 0 Å². The van der Waals surface area contributed by atoms with Crippen molar-refractivity contribution in [2.24, 2.45) is 5.92 Å². The van der Waals surface area contributed by atoms with Crippen molar-refractivity contribution in [1.82, 2.24) is 5.32 Å². The van der Waals surface area contributed by atoms with E-state index in [1.165, 1.54) is 12.1 Å². The molecule has 1 atom stereocenters. The third-order valence-electron chi connectivity index (χ3n) is 4.12. The zero-order chi connectivity index (χ0) is 11.8. The van der Waals surface area contributed by atoms with Gasteiger partial charge in [-0.05, 0) is 49.9 Å². The van der Waals surface area contributed by atoms with Gasteiger partial charge in [0.25, 0.3) is 0 Å². The van der Waals surface area contributed by atoms with Crippen LogP contribution in [0.15, 0.2) is 12.1 Å². The first-order chi connectivity index (χ1) is 8.25. The van der Waals surface area contributed by atoms with Gasteiger partial charge < -0.3 is 15.3 Å². The predicted octanol–water partition coefficient (Wildman–Crippen LogP) is 1.54. The molecule has 1 unspecified atom stereocenters. The van der Waals surface area contributed by atoms with E-state index >= 15 is 0 Å². The number of likely N-dealkylation sites (N-methyl/N-ethyl adjacent to an activating group) is 1. The molecule has 92 valence electrons. The Morgan fingerprint density at radius 1 is 1.47 bits per heavy atom. The number of phenolic OH excluding ortho intramolecular Hbond substituents is 1. The van der Waals surface area contributed by atoms with Crippen molar-refractivity contribution in [3.63, 3.8) is 0 Å². The molecule has 3 nitrogen and oxygen atoms in total. The van der Waals surface area contributed by atoms with Crippen molar-refractivity contribution >= 4 is 5.69 Å². The van der Waals surface area contributed by atoms with Crippen LogP contribution in [-0.4, -0.2) is 31.8 Å². The van der Waals surface area contributed by atoms with Crippen LogP contribution in [0.5, 0.6) is 5.75 Å². The average molecular weight is 232 g/mol. The van der Waals surface area contributed by atoms with Gasteiger partial charge >= 0.3 is 0 Å². The zero-order valence-corrected chi connectivity index (χ0v) is 10.4. The fourth-order valence-electron chi connectivity index (χ4n) is 3.04. The molecule has 0 amide bonds. The van der Waals surface area contributed by atoms with Gasteiger partial charge in [-0.2, -0.15) is 0 Å². The monoisotopic (exact) mass is 232 g/mol. The first-order valence-electron chi connectivity index (χ1n) is 6.51. The van der Waals surface area contributed by atoms with Crippen LogP contribution in [-0.2, 0) is 12.8 Å². The van der Waals surface area contributed by atoms with E-state index in [9.17, 15) is 5.11 Å². The van der Waals surface area contributed by atoms with Crippen molar-refractivity contribution in [2.75, 3.05) is 31.6 Å². The Hall–Kier alpha value is -1.22. The Balaban J connectivity index is 1.86. The first-order valence-corrected chi connectivity index (χ1v) is 6.51. The summed E-state index contributed by atoms with van der Waals surface area (Å²) in [6.45, 7) is 3.24. The number of fused-ring (bicyclic) bond motifs is 1. The van der Waals surface area contributed by atoms with E-state index in [2.05, 4.69) is 29.4 Å². The summed E-state index contributed by atoms with van der Waals surface area (Å²) in [6, 6.07) is 4.27. The summed E-state index contributed by atoms with van der Waals surface area (Å²) in [5, 5.41) is 13.7. The van der Waals surface area contributed by atoms with Gasteiger partial charge in [0.2, 0.25) is 0 Å². The third kappa shape index (κ3) is 1.89. The highest BCUT2D eigenvalue weighted by Crippen LogP contribution is 2.37.